The first-order valence-electron chi connectivity index (χ1n) is 10.2. The minimum absolute atomic E-state index is 0. The Bertz CT molecular complexity index is 1010. The molecule has 1 fully saturated rings. The Hall–Kier alpha value is -1.79. The van der Waals surface area contributed by atoms with E-state index in [1.165, 1.54) is 0 Å². The van der Waals surface area contributed by atoms with Gasteiger partial charge in [0.15, 0.2) is 5.96 Å². The van der Waals surface area contributed by atoms with E-state index in [4.69, 9.17) is 33.9 Å². The molecule has 5 nitrogen and oxygen atoms in total. The maximum absolute atomic E-state index is 13.2. The van der Waals surface area contributed by atoms with Gasteiger partial charge in [0.2, 0.25) is 5.91 Å². The number of amides is 1. The predicted molar refractivity (Wildman–Crippen MR) is 130 cm³/mol. The van der Waals surface area contributed by atoms with Crippen molar-refractivity contribution in [2.75, 3.05) is 6.54 Å². The first-order chi connectivity index (χ1) is 14.3. The SMILES string of the molecule is C[C@@H]1C[C@H](N2C(=O)C[C@@](C)(c3cccc(-c4cccc(Cl)c4)c3Cl)N=C2N)CCN1.Cl. The van der Waals surface area contributed by atoms with Crippen molar-refractivity contribution in [3.8, 4) is 11.1 Å². The molecule has 166 valence electrons. The molecule has 8 heteroatoms. The first-order valence-corrected chi connectivity index (χ1v) is 11.0. The number of guanidine groups is 1. The largest absolute Gasteiger partial charge is 0.369 e. The van der Waals surface area contributed by atoms with Gasteiger partial charge in [-0.3, -0.25) is 9.69 Å². The van der Waals surface area contributed by atoms with Crippen molar-refractivity contribution >= 4 is 47.5 Å². The van der Waals surface area contributed by atoms with Gasteiger partial charge in [0, 0.05) is 22.7 Å². The van der Waals surface area contributed by atoms with Crippen LogP contribution in [0.2, 0.25) is 10.0 Å². The molecule has 4 rings (SSSR count). The van der Waals surface area contributed by atoms with Gasteiger partial charge in [0.25, 0.3) is 0 Å². The van der Waals surface area contributed by atoms with Crippen molar-refractivity contribution < 1.29 is 4.79 Å². The standard InChI is InChI=1S/C23H26Cl2N4O.ClH/c1-14-11-17(9-10-27-14)29-20(30)13-23(2,28-22(29)26)19-8-4-7-18(21(19)25)15-5-3-6-16(24)12-15;/h3-8,12,14,17,27H,9-11,13H2,1-2H3,(H2,26,28);1H/t14-,17-,23+;/m1./s1. The van der Waals surface area contributed by atoms with Crippen LogP contribution in [0.3, 0.4) is 0 Å². The van der Waals surface area contributed by atoms with Gasteiger partial charge in [-0.25, -0.2) is 4.99 Å². The lowest BCUT2D eigenvalue weighted by Gasteiger charge is -2.42. The monoisotopic (exact) mass is 480 g/mol. The number of aliphatic imine (C=N–C) groups is 1. The van der Waals surface area contributed by atoms with Gasteiger partial charge in [-0.2, -0.15) is 0 Å². The highest BCUT2D eigenvalue weighted by Crippen LogP contribution is 2.42. The van der Waals surface area contributed by atoms with Crippen molar-refractivity contribution in [2.24, 2.45) is 10.7 Å². The normalized spacial score (nSPS) is 26.3. The maximum Gasteiger partial charge on any atom is 0.232 e. The smallest absolute Gasteiger partial charge is 0.232 e. The van der Waals surface area contributed by atoms with Gasteiger partial charge in [-0.1, -0.05) is 53.5 Å². The van der Waals surface area contributed by atoms with E-state index in [0.717, 1.165) is 36.1 Å². The lowest BCUT2D eigenvalue weighted by atomic mass is 9.85. The number of nitrogens with zero attached hydrogens (tertiary/aromatic N) is 2. The zero-order valence-electron chi connectivity index (χ0n) is 17.6. The number of carbonyl (C=O) groups excluding carboxylic acids is 1. The molecule has 2 aliphatic rings. The molecule has 0 saturated carbocycles. The zero-order valence-corrected chi connectivity index (χ0v) is 19.9. The van der Waals surface area contributed by atoms with E-state index in [1.807, 2.05) is 49.4 Å². The molecule has 0 radical (unpaired) electrons. The van der Waals surface area contributed by atoms with Crippen LogP contribution < -0.4 is 11.1 Å². The van der Waals surface area contributed by atoms with E-state index in [-0.39, 0.29) is 36.7 Å². The van der Waals surface area contributed by atoms with Crippen molar-refractivity contribution in [3.05, 3.63) is 58.1 Å². The highest BCUT2D eigenvalue weighted by atomic mass is 35.5. The minimum Gasteiger partial charge on any atom is -0.369 e. The van der Waals surface area contributed by atoms with E-state index in [0.29, 0.717) is 16.1 Å². The number of carbonyl (C=O) groups is 1. The summed E-state index contributed by atoms with van der Waals surface area (Å²) in [5.41, 5.74) is 8.10. The number of hydrogen-bond acceptors (Lipinski definition) is 4. The van der Waals surface area contributed by atoms with Crippen LogP contribution in [0.4, 0.5) is 0 Å². The molecule has 1 saturated heterocycles. The average molecular weight is 482 g/mol. The van der Waals surface area contributed by atoms with Gasteiger partial charge in [-0.05, 0) is 56.5 Å². The van der Waals surface area contributed by atoms with Crippen LogP contribution in [-0.4, -0.2) is 35.4 Å². The van der Waals surface area contributed by atoms with Gasteiger partial charge in [0.05, 0.1) is 17.0 Å². The lowest BCUT2D eigenvalue weighted by Crippen LogP contribution is -2.57. The quantitative estimate of drug-likeness (QED) is 0.649. The molecule has 1 amide bonds. The molecule has 0 aromatic heterocycles. The third-order valence-electron chi connectivity index (χ3n) is 6.05. The Balaban J connectivity index is 0.00000272. The Morgan fingerprint density at radius 1 is 1.23 bits per heavy atom. The molecule has 31 heavy (non-hydrogen) atoms. The number of benzene rings is 2. The van der Waals surface area contributed by atoms with Crippen LogP contribution in [0.5, 0.6) is 0 Å². The zero-order chi connectivity index (χ0) is 21.5. The van der Waals surface area contributed by atoms with Gasteiger partial charge >= 0.3 is 0 Å². The van der Waals surface area contributed by atoms with Crippen LogP contribution >= 0.6 is 35.6 Å². The summed E-state index contributed by atoms with van der Waals surface area (Å²) < 4.78 is 0. The van der Waals surface area contributed by atoms with Crippen LogP contribution in [0, 0.1) is 0 Å². The van der Waals surface area contributed by atoms with Gasteiger partial charge in [0.1, 0.15) is 0 Å². The number of halogens is 3. The summed E-state index contributed by atoms with van der Waals surface area (Å²) >= 11 is 13.0. The number of hydrogen-bond donors (Lipinski definition) is 2. The fourth-order valence-electron chi connectivity index (χ4n) is 4.57. The molecule has 2 aromatic carbocycles. The fourth-order valence-corrected chi connectivity index (χ4v) is 5.20. The first kappa shape index (κ1) is 23.9. The topological polar surface area (TPSA) is 70.7 Å². The number of rotatable bonds is 3. The Morgan fingerprint density at radius 2 is 1.97 bits per heavy atom. The molecular weight excluding hydrogens is 455 g/mol. The minimum atomic E-state index is -0.818. The fraction of sp³-hybridized carbons (Fsp3) is 0.391. The highest BCUT2D eigenvalue weighted by Gasteiger charge is 2.42. The van der Waals surface area contributed by atoms with E-state index < -0.39 is 5.54 Å². The molecule has 2 aromatic rings. The number of nitrogens with one attached hydrogen (secondary N) is 1. The summed E-state index contributed by atoms with van der Waals surface area (Å²) in [5.74, 6) is 0.269. The van der Waals surface area contributed by atoms with E-state index in [1.54, 1.807) is 4.90 Å². The van der Waals surface area contributed by atoms with Crippen LogP contribution in [0.25, 0.3) is 11.1 Å². The van der Waals surface area contributed by atoms with Crippen LogP contribution in [0.15, 0.2) is 47.5 Å². The van der Waals surface area contributed by atoms with Crippen LogP contribution in [-0.2, 0) is 10.3 Å². The van der Waals surface area contributed by atoms with Crippen LogP contribution in [0.1, 0.15) is 38.7 Å². The van der Waals surface area contributed by atoms with E-state index in [2.05, 4.69) is 12.2 Å². The molecule has 0 bridgehead atoms. The molecule has 0 aliphatic carbocycles. The predicted octanol–water partition coefficient (Wildman–Crippen LogP) is 4.98. The molecule has 3 atom stereocenters. The summed E-state index contributed by atoms with van der Waals surface area (Å²) in [6, 6.07) is 13.8. The Labute approximate surface area is 199 Å². The summed E-state index contributed by atoms with van der Waals surface area (Å²) in [4.78, 5) is 19.7. The van der Waals surface area contributed by atoms with E-state index >= 15 is 0 Å². The number of piperidine rings is 1. The molecular formula is C23H27Cl3N4O. The number of nitrogens with two attached hydrogens (primary N) is 1. The average Bonchev–Trinajstić information content (AvgIpc) is 2.67. The summed E-state index contributed by atoms with van der Waals surface area (Å²) in [6.07, 6.45) is 1.96. The van der Waals surface area contributed by atoms with Crippen molar-refractivity contribution in [3.63, 3.8) is 0 Å². The van der Waals surface area contributed by atoms with Gasteiger partial charge < -0.3 is 11.1 Å². The third kappa shape index (κ3) is 4.70. The molecule has 0 spiro atoms. The summed E-state index contributed by atoms with van der Waals surface area (Å²) in [5, 5.41) is 4.62. The van der Waals surface area contributed by atoms with Crippen molar-refractivity contribution in [1.82, 2.24) is 10.2 Å². The molecule has 3 N–H and O–H groups in total. The molecule has 2 aliphatic heterocycles. The second-order valence-electron chi connectivity index (χ2n) is 8.40. The summed E-state index contributed by atoms with van der Waals surface area (Å²) in [6.45, 7) is 4.91. The van der Waals surface area contributed by atoms with Gasteiger partial charge in [-0.15, -0.1) is 12.4 Å². The van der Waals surface area contributed by atoms with Crippen molar-refractivity contribution in [2.45, 2.75) is 50.7 Å². The maximum atomic E-state index is 13.2. The third-order valence-corrected chi connectivity index (χ3v) is 6.69. The Kier molecular flexibility index (Phi) is 7.21. The second-order valence-corrected chi connectivity index (χ2v) is 9.21. The lowest BCUT2D eigenvalue weighted by molar-refractivity contribution is -0.131. The molecule has 0 unspecified atom stereocenters. The van der Waals surface area contributed by atoms with E-state index in [9.17, 15) is 4.79 Å². The van der Waals surface area contributed by atoms with Crippen molar-refractivity contribution in [1.29, 1.82) is 0 Å². The Morgan fingerprint density at radius 3 is 2.65 bits per heavy atom. The molecule has 2 heterocycles. The second kappa shape index (κ2) is 9.37. The summed E-state index contributed by atoms with van der Waals surface area (Å²) in [7, 11) is 0. The highest BCUT2D eigenvalue weighted by molar-refractivity contribution is 6.34.